The molecule has 0 spiro atoms. The number of thiazole rings is 1. The molecule has 0 atom stereocenters. The fourth-order valence-corrected chi connectivity index (χ4v) is 3.03. The molecule has 5 nitrogen and oxygen atoms in total. The first-order chi connectivity index (χ1) is 9.08. The van der Waals surface area contributed by atoms with Gasteiger partial charge in [-0.25, -0.2) is 9.78 Å². The molecular formula is C13H18N2O3S. The molecule has 0 aromatic carbocycles. The van der Waals surface area contributed by atoms with Crippen LogP contribution in [0.5, 0.6) is 0 Å². The lowest BCUT2D eigenvalue weighted by atomic mass is 10.3. The predicted molar refractivity (Wildman–Crippen MR) is 74.1 cm³/mol. The normalized spacial score (nSPS) is 14.3. The fraction of sp³-hybridized carbons (Fsp3) is 0.615. The molecule has 0 radical (unpaired) electrons. The standard InChI is InChI=1S/C13H18N2O3S/c1-4-15(9-6-7-9)13-14-10(12(17)18-5-2)11(19-13)8(3)16/h9H,4-7H2,1-3H3. The number of carbonyl (C=O) groups is 2. The molecule has 0 unspecified atom stereocenters. The lowest BCUT2D eigenvalue weighted by Gasteiger charge is -2.18. The van der Waals surface area contributed by atoms with Gasteiger partial charge in [0.2, 0.25) is 0 Å². The molecule has 1 aliphatic rings. The van der Waals surface area contributed by atoms with Crippen molar-refractivity contribution in [3.05, 3.63) is 10.6 Å². The van der Waals surface area contributed by atoms with Crippen LogP contribution >= 0.6 is 11.3 Å². The van der Waals surface area contributed by atoms with Crippen molar-refractivity contribution in [3.63, 3.8) is 0 Å². The van der Waals surface area contributed by atoms with Gasteiger partial charge in [-0.2, -0.15) is 0 Å². The summed E-state index contributed by atoms with van der Waals surface area (Å²) in [6.45, 7) is 6.35. The average Bonchev–Trinajstić information content (AvgIpc) is 3.08. The smallest absolute Gasteiger partial charge is 0.358 e. The number of ether oxygens (including phenoxy) is 1. The van der Waals surface area contributed by atoms with Gasteiger partial charge in [0.1, 0.15) is 4.88 Å². The number of carbonyl (C=O) groups excluding carboxylic acids is 2. The van der Waals surface area contributed by atoms with Gasteiger partial charge in [-0.1, -0.05) is 11.3 Å². The highest BCUT2D eigenvalue weighted by molar-refractivity contribution is 7.17. The summed E-state index contributed by atoms with van der Waals surface area (Å²) < 4.78 is 4.96. The third kappa shape index (κ3) is 2.94. The van der Waals surface area contributed by atoms with Gasteiger partial charge in [0.15, 0.2) is 16.6 Å². The van der Waals surface area contributed by atoms with E-state index >= 15 is 0 Å². The Bertz CT molecular complexity index is 494. The third-order valence-electron chi connectivity index (χ3n) is 2.98. The van der Waals surface area contributed by atoms with Gasteiger partial charge in [0, 0.05) is 19.5 Å². The summed E-state index contributed by atoms with van der Waals surface area (Å²) in [6, 6.07) is 0.506. The summed E-state index contributed by atoms with van der Waals surface area (Å²) in [5.41, 5.74) is 0.161. The summed E-state index contributed by atoms with van der Waals surface area (Å²) in [7, 11) is 0. The van der Waals surface area contributed by atoms with Crippen LogP contribution in [0.4, 0.5) is 5.13 Å². The van der Waals surface area contributed by atoms with Crippen LogP contribution in [0.1, 0.15) is 53.8 Å². The first-order valence-electron chi connectivity index (χ1n) is 6.54. The zero-order valence-electron chi connectivity index (χ0n) is 11.4. The maximum Gasteiger partial charge on any atom is 0.358 e. The summed E-state index contributed by atoms with van der Waals surface area (Å²) >= 11 is 1.29. The van der Waals surface area contributed by atoms with Crippen LogP contribution in [0.2, 0.25) is 0 Å². The summed E-state index contributed by atoms with van der Waals surface area (Å²) in [5, 5.41) is 0.748. The van der Waals surface area contributed by atoms with Crippen molar-refractivity contribution in [1.82, 2.24) is 4.98 Å². The van der Waals surface area contributed by atoms with Gasteiger partial charge in [-0.15, -0.1) is 0 Å². The first kappa shape index (κ1) is 14.0. The molecular weight excluding hydrogens is 264 g/mol. The molecule has 0 amide bonds. The van der Waals surface area contributed by atoms with E-state index in [1.54, 1.807) is 6.92 Å². The van der Waals surface area contributed by atoms with E-state index in [1.165, 1.54) is 18.3 Å². The molecule has 1 aliphatic carbocycles. The predicted octanol–water partition coefficient (Wildman–Crippen LogP) is 2.51. The van der Waals surface area contributed by atoms with Crippen molar-refractivity contribution in [1.29, 1.82) is 0 Å². The molecule has 1 aromatic heterocycles. The van der Waals surface area contributed by atoms with Crippen molar-refractivity contribution >= 4 is 28.2 Å². The van der Waals surface area contributed by atoms with Gasteiger partial charge in [-0.3, -0.25) is 4.79 Å². The van der Waals surface area contributed by atoms with Crippen LogP contribution in [-0.4, -0.2) is 35.9 Å². The number of ketones is 1. The molecule has 1 saturated carbocycles. The van der Waals surface area contributed by atoms with Crippen molar-refractivity contribution < 1.29 is 14.3 Å². The van der Waals surface area contributed by atoms with Crippen LogP contribution in [0.15, 0.2) is 0 Å². The minimum Gasteiger partial charge on any atom is -0.461 e. The molecule has 104 valence electrons. The Balaban J connectivity index is 2.33. The molecule has 1 aromatic rings. The van der Waals surface area contributed by atoms with E-state index in [4.69, 9.17) is 4.74 Å². The van der Waals surface area contributed by atoms with Gasteiger partial charge >= 0.3 is 5.97 Å². The molecule has 2 rings (SSSR count). The van der Waals surface area contributed by atoms with Crippen LogP contribution in [0.3, 0.4) is 0 Å². The zero-order chi connectivity index (χ0) is 14.0. The van der Waals surface area contributed by atoms with E-state index in [9.17, 15) is 9.59 Å². The molecule has 0 aliphatic heterocycles. The average molecular weight is 282 g/mol. The Kier molecular flexibility index (Phi) is 4.19. The second-order valence-electron chi connectivity index (χ2n) is 4.47. The highest BCUT2D eigenvalue weighted by Gasteiger charge is 2.32. The van der Waals surface area contributed by atoms with Crippen molar-refractivity contribution in [2.24, 2.45) is 0 Å². The van der Waals surface area contributed by atoms with E-state index in [-0.39, 0.29) is 18.1 Å². The molecule has 0 saturated heterocycles. The molecule has 1 heterocycles. The van der Waals surface area contributed by atoms with Crippen LogP contribution in [0.25, 0.3) is 0 Å². The van der Waals surface area contributed by atoms with Crippen LogP contribution in [0, 0.1) is 0 Å². The quantitative estimate of drug-likeness (QED) is 0.592. The minimum absolute atomic E-state index is 0.140. The van der Waals surface area contributed by atoms with Crippen LogP contribution < -0.4 is 4.90 Å². The molecule has 19 heavy (non-hydrogen) atoms. The van der Waals surface area contributed by atoms with E-state index in [0.29, 0.717) is 10.9 Å². The Morgan fingerprint density at radius 1 is 1.42 bits per heavy atom. The number of hydrogen-bond acceptors (Lipinski definition) is 6. The molecule has 6 heteroatoms. The summed E-state index contributed by atoms with van der Waals surface area (Å²) in [6.07, 6.45) is 2.30. The van der Waals surface area contributed by atoms with Gasteiger partial charge in [0.25, 0.3) is 0 Å². The number of nitrogens with zero attached hydrogens (tertiary/aromatic N) is 2. The van der Waals surface area contributed by atoms with E-state index in [0.717, 1.165) is 24.5 Å². The molecule has 0 bridgehead atoms. The highest BCUT2D eigenvalue weighted by Crippen LogP contribution is 2.35. The lowest BCUT2D eigenvalue weighted by molar-refractivity contribution is 0.0517. The Labute approximate surface area is 116 Å². The Hall–Kier alpha value is -1.43. The fourth-order valence-electron chi connectivity index (χ4n) is 1.94. The maximum atomic E-state index is 11.8. The summed E-state index contributed by atoms with van der Waals surface area (Å²) in [4.78, 5) is 30.3. The van der Waals surface area contributed by atoms with Gasteiger partial charge in [-0.05, 0) is 26.7 Å². The topological polar surface area (TPSA) is 59.5 Å². The van der Waals surface area contributed by atoms with Crippen LogP contribution in [-0.2, 0) is 4.74 Å². The van der Waals surface area contributed by atoms with Gasteiger partial charge < -0.3 is 9.64 Å². The number of Topliss-reactive ketones (excluding diaryl/α,β-unsaturated/α-hetero) is 1. The zero-order valence-corrected chi connectivity index (χ0v) is 12.2. The second kappa shape index (κ2) is 5.69. The SMILES string of the molecule is CCOC(=O)c1nc(N(CC)C2CC2)sc1C(C)=O. The first-order valence-corrected chi connectivity index (χ1v) is 7.35. The number of rotatable bonds is 6. The monoisotopic (exact) mass is 282 g/mol. The number of esters is 1. The minimum atomic E-state index is -0.512. The van der Waals surface area contributed by atoms with E-state index < -0.39 is 5.97 Å². The Morgan fingerprint density at radius 3 is 2.58 bits per heavy atom. The van der Waals surface area contributed by atoms with Crippen molar-refractivity contribution in [2.75, 3.05) is 18.1 Å². The van der Waals surface area contributed by atoms with Crippen molar-refractivity contribution in [3.8, 4) is 0 Å². The van der Waals surface area contributed by atoms with E-state index in [1.807, 2.05) is 0 Å². The highest BCUT2D eigenvalue weighted by atomic mass is 32.1. The number of anilines is 1. The number of hydrogen-bond donors (Lipinski definition) is 0. The number of aromatic nitrogens is 1. The molecule has 1 fully saturated rings. The largest absolute Gasteiger partial charge is 0.461 e. The van der Waals surface area contributed by atoms with Gasteiger partial charge in [0.05, 0.1) is 6.61 Å². The maximum absolute atomic E-state index is 11.8. The lowest BCUT2D eigenvalue weighted by Crippen LogP contribution is -2.24. The molecule has 0 N–H and O–H groups in total. The van der Waals surface area contributed by atoms with Crippen molar-refractivity contribution in [2.45, 2.75) is 39.7 Å². The van der Waals surface area contributed by atoms with E-state index in [2.05, 4.69) is 16.8 Å². The summed E-state index contributed by atoms with van der Waals surface area (Å²) in [5.74, 6) is -0.652. The third-order valence-corrected chi connectivity index (χ3v) is 4.17. The Morgan fingerprint density at radius 2 is 2.11 bits per heavy atom. The second-order valence-corrected chi connectivity index (χ2v) is 5.45.